The van der Waals surface area contributed by atoms with Crippen molar-refractivity contribution in [3.63, 3.8) is 0 Å². The van der Waals surface area contributed by atoms with E-state index in [1.165, 1.54) is 6.26 Å². The number of carbonyl (C=O) groups excluding carboxylic acids is 1. The summed E-state index contributed by atoms with van der Waals surface area (Å²) in [5, 5.41) is 0. The second-order valence-corrected chi connectivity index (χ2v) is 3.73. The smallest absolute Gasteiger partial charge is 0.289 e. The minimum absolute atomic E-state index is 0.0728. The summed E-state index contributed by atoms with van der Waals surface area (Å²) in [7, 11) is 1.63. The van der Waals surface area contributed by atoms with Crippen LogP contribution >= 0.6 is 0 Å². The van der Waals surface area contributed by atoms with Crippen molar-refractivity contribution in [2.45, 2.75) is 26.3 Å². The predicted octanol–water partition coefficient (Wildman–Crippen LogP) is 2.17. The first-order valence-corrected chi connectivity index (χ1v) is 5.54. The molecule has 4 nitrogen and oxygen atoms in total. The summed E-state index contributed by atoms with van der Waals surface area (Å²) in [6, 6.07) is 3.59. The summed E-state index contributed by atoms with van der Waals surface area (Å²) >= 11 is 0. The summed E-state index contributed by atoms with van der Waals surface area (Å²) in [4.78, 5) is 13.9. The monoisotopic (exact) mass is 225 g/mol. The zero-order valence-corrected chi connectivity index (χ0v) is 10.1. The number of carbonyl (C=O) groups is 1. The van der Waals surface area contributed by atoms with Gasteiger partial charge in [-0.25, -0.2) is 0 Å². The lowest BCUT2D eigenvalue weighted by molar-refractivity contribution is 0.0583. The molecule has 0 fully saturated rings. The highest BCUT2D eigenvalue weighted by Crippen LogP contribution is 2.11. The van der Waals surface area contributed by atoms with E-state index in [-0.39, 0.29) is 11.9 Å². The fourth-order valence-electron chi connectivity index (χ4n) is 1.47. The summed E-state index contributed by atoms with van der Waals surface area (Å²) in [5.41, 5.74) is 0. The molecule has 0 saturated carbocycles. The molecule has 0 bridgehead atoms. The first-order chi connectivity index (χ1) is 7.70. The maximum atomic E-state index is 12.1. The molecule has 1 rings (SSSR count). The lowest BCUT2D eigenvalue weighted by atomic mass is 10.2. The van der Waals surface area contributed by atoms with E-state index in [1.807, 2.05) is 6.92 Å². The van der Waals surface area contributed by atoms with Crippen LogP contribution in [0.4, 0.5) is 0 Å². The van der Waals surface area contributed by atoms with Crippen molar-refractivity contribution in [1.82, 2.24) is 4.90 Å². The molecule has 16 heavy (non-hydrogen) atoms. The molecule has 0 aliphatic rings. The number of ether oxygens (including phenoxy) is 1. The minimum atomic E-state index is -0.0728. The Kier molecular flexibility index (Phi) is 5.05. The minimum Gasteiger partial charge on any atom is -0.459 e. The summed E-state index contributed by atoms with van der Waals surface area (Å²) < 4.78 is 10.1. The topological polar surface area (TPSA) is 42.7 Å². The Bertz CT molecular complexity index is 308. The fourth-order valence-corrected chi connectivity index (χ4v) is 1.47. The lowest BCUT2D eigenvalue weighted by Gasteiger charge is -2.27. The Labute approximate surface area is 96.2 Å². The van der Waals surface area contributed by atoms with Crippen molar-refractivity contribution in [1.29, 1.82) is 0 Å². The highest BCUT2D eigenvalue weighted by atomic mass is 16.5. The molecule has 0 aliphatic heterocycles. The van der Waals surface area contributed by atoms with Crippen molar-refractivity contribution >= 4 is 5.91 Å². The van der Waals surface area contributed by atoms with Gasteiger partial charge < -0.3 is 14.1 Å². The number of hydrogen-bond acceptors (Lipinski definition) is 3. The van der Waals surface area contributed by atoms with Gasteiger partial charge in [0.1, 0.15) is 0 Å². The van der Waals surface area contributed by atoms with E-state index >= 15 is 0 Å². The molecule has 1 atom stereocenters. The van der Waals surface area contributed by atoms with E-state index in [0.717, 1.165) is 6.42 Å². The van der Waals surface area contributed by atoms with Crippen molar-refractivity contribution in [3.05, 3.63) is 24.2 Å². The Morgan fingerprint density at radius 2 is 2.38 bits per heavy atom. The van der Waals surface area contributed by atoms with E-state index in [0.29, 0.717) is 18.9 Å². The number of nitrogens with zero attached hydrogens (tertiary/aromatic N) is 1. The first kappa shape index (κ1) is 12.8. The molecule has 0 N–H and O–H groups in total. The highest BCUT2D eigenvalue weighted by molar-refractivity contribution is 5.91. The van der Waals surface area contributed by atoms with Crippen LogP contribution in [0.1, 0.15) is 30.8 Å². The zero-order chi connectivity index (χ0) is 12.0. The SMILES string of the molecule is CCC(C)N(CCOC)C(=O)c1ccco1. The van der Waals surface area contributed by atoms with E-state index < -0.39 is 0 Å². The van der Waals surface area contributed by atoms with Crippen molar-refractivity contribution < 1.29 is 13.9 Å². The van der Waals surface area contributed by atoms with Crippen LogP contribution < -0.4 is 0 Å². The van der Waals surface area contributed by atoms with E-state index in [9.17, 15) is 4.79 Å². The van der Waals surface area contributed by atoms with Gasteiger partial charge in [-0.3, -0.25) is 4.79 Å². The second kappa shape index (κ2) is 6.33. The molecule has 1 unspecified atom stereocenters. The maximum Gasteiger partial charge on any atom is 0.289 e. The average molecular weight is 225 g/mol. The Morgan fingerprint density at radius 3 is 2.88 bits per heavy atom. The number of furan rings is 1. The van der Waals surface area contributed by atoms with Crippen LogP contribution in [0.2, 0.25) is 0 Å². The number of hydrogen-bond donors (Lipinski definition) is 0. The molecule has 0 saturated heterocycles. The summed E-state index contributed by atoms with van der Waals surface area (Å²) in [6.07, 6.45) is 2.43. The maximum absolute atomic E-state index is 12.1. The van der Waals surface area contributed by atoms with E-state index in [2.05, 4.69) is 6.92 Å². The molecule has 1 amide bonds. The largest absolute Gasteiger partial charge is 0.459 e. The number of amides is 1. The van der Waals surface area contributed by atoms with Crippen LogP contribution in [0, 0.1) is 0 Å². The normalized spacial score (nSPS) is 12.4. The lowest BCUT2D eigenvalue weighted by Crippen LogP contribution is -2.40. The Hall–Kier alpha value is -1.29. The average Bonchev–Trinajstić information content (AvgIpc) is 2.82. The van der Waals surface area contributed by atoms with E-state index in [1.54, 1.807) is 24.1 Å². The van der Waals surface area contributed by atoms with Gasteiger partial charge in [0.2, 0.25) is 0 Å². The Morgan fingerprint density at radius 1 is 1.62 bits per heavy atom. The fraction of sp³-hybridized carbons (Fsp3) is 0.583. The van der Waals surface area contributed by atoms with Gasteiger partial charge in [0.05, 0.1) is 12.9 Å². The molecular weight excluding hydrogens is 206 g/mol. The van der Waals surface area contributed by atoms with Crippen LogP contribution in [0.15, 0.2) is 22.8 Å². The van der Waals surface area contributed by atoms with Crippen LogP contribution in [0.5, 0.6) is 0 Å². The van der Waals surface area contributed by atoms with Crippen molar-refractivity contribution in [2.75, 3.05) is 20.3 Å². The quantitative estimate of drug-likeness (QED) is 0.745. The summed E-state index contributed by atoms with van der Waals surface area (Å²) in [6.45, 7) is 5.21. The van der Waals surface area contributed by atoms with Gasteiger partial charge in [-0.15, -0.1) is 0 Å². The second-order valence-electron chi connectivity index (χ2n) is 3.73. The highest BCUT2D eigenvalue weighted by Gasteiger charge is 2.21. The third kappa shape index (κ3) is 3.10. The van der Waals surface area contributed by atoms with Gasteiger partial charge in [0.25, 0.3) is 5.91 Å². The number of methoxy groups -OCH3 is 1. The molecular formula is C12H19NO3. The molecule has 4 heteroatoms. The standard InChI is InChI=1S/C12H19NO3/c1-4-10(2)13(7-9-15-3)12(14)11-6-5-8-16-11/h5-6,8,10H,4,7,9H2,1-3H3. The Balaban J connectivity index is 2.71. The van der Waals surface area contributed by atoms with Gasteiger partial charge in [0, 0.05) is 19.7 Å². The molecule has 1 aromatic heterocycles. The third-order valence-corrected chi connectivity index (χ3v) is 2.65. The van der Waals surface area contributed by atoms with E-state index in [4.69, 9.17) is 9.15 Å². The molecule has 0 radical (unpaired) electrons. The van der Waals surface area contributed by atoms with Gasteiger partial charge in [-0.1, -0.05) is 6.92 Å². The van der Waals surface area contributed by atoms with Crippen LogP contribution in [-0.2, 0) is 4.74 Å². The predicted molar refractivity (Wildman–Crippen MR) is 61.4 cm³/mol. The molecule has 90 valence electrons. The van der Waals surface area contributed by atoms with Crippen LogP contribution in [0.25, 0.3) is 0 Å². The zero-order valence-electron chi connectivity index (χ0n) is 10.1. The third-order valence-electron chi connectivity index (χ3n) is 2.65. The molecule has 0 spiro atoms. The molecule has 0 aromatic carbocycles. The van der Waals surface area contributed by atoms with Gasteiger partial charge >= 0.3 is 0 Å². The van der Waals surface area contributed by atoms with Gasteiger partial charge in [0.15, 0.2) is 5.76 Å². The number of rotatable bonds is 6. The molecule has 1 aromatic rings. The molecule has 1 heterocycles. The van der Waals surface area contributed by atoms with Crippen LogP contribution in [0.3, 0.4) is 0 Å². The van der Waals surface area contributed by atoms with Gasteiger partial charge in [-0.05, 0) is 25.5 Å². The van der Waals surface area contributed by atoms with Crippen LogP contribution in [-0.4, -0.2) is 37.1 Å². The van der Waals surface area contributed by atoms with Crippen molar-refractivity contribution in [2.24, 2.45) is 0 Å². The van der Waals surface area contributed by atoms with Crippen molar-refractivity contribution in [3.8, 4) is 0 Å². The van der Waals surface area contributed by atoms with Gasteiger partial charge in [-0.2, -0.15) is 0 Å². The first-order valence-electron chi connectivity index (χ1n) is 5.54. The summed E-state index contributed by atoms with van der Waals surface area (Å²) in [5.74, 6) is 0.313. The molecule has 0 aliphatic carbocycles.